The van der Waals surface area contributed by atoms with Gasteiger partial charge in [-0.3, -0.25) is 0 Å². The van der Waals surface area contributed by atoms with Crippen LogP contribution < -0.4 is 0 Å². The van der Waals surface area contributed by atoms with E-state index >= 15 is 0 Å². The van der Waals surface area contributed by atoms with Gasteiger partial charge in [-0.25, -0.2) is 17.2 Å². The monoisotopic (exact) mass is 297 g/mol. The van der Waals surface area contributed by atoms with Gasteiger partial charge in [-0.15, -0.1) is 11.6 Å². The van der Waals surface area contributed by atoms with Crippen LogP contribution in [0.1, 0.15) is 13.3 Å². The second kappa shape index (κ2) is 6.45. The molecule has 0 saturated carbocycles. The van der Waals surface area contributed by atoms with E-state index in [0.717, 1.165) is 16.4 Å². The van der Waals surface area contributed by atoms with E-state index in [1.807, 2.05) is 6.92 Å². The molecule has 0 aliphatic rings. The van der Waals surface area contributed by atoms with Gasteiger partial charge in [0.1, 0.15) is 0 Å². The van der Waals surface area contributed by atoms with Crippen molar-refractivity contribution in [1.29, 1.82) is 0 Å². The van der Waals surface area contributed by atoms with Gasteiger partial charge in [-0.2, -0.15) is 4.31 Å². The molecule has 3 nitrogen and oxygen atoms in total. The third kappa shape index (κ3) is 3.40. The van der Waals surface area contributed by atoms with E-state index in [-0.39, 0.29) is 23.9 Å². The highest BCUT2D eigenvalue weighted by atomic mass is 35.5. The van der Waals surface area contributed by atoms with Crippen molar-refractivity contribution in [2.45, 2.75) is 18.2 Å². The fourth-order valence-electron chi connectivity index (χ4n) is 1.48. The lowest BCUT2D eigenvalue weighted by Crippen LogP contribution is -2.33. The van der Waals surface area contributed by atoms with Crippen molar-refractivity contribution >= 4 is 21.6 Å². The predicted molar refractivity (Wildman–Crippen MR) is 66.1 cm³/mol. The van der Waals surface area contributed by atoms with Gasteiger partial charge < -0.3 is 0 Å². The van der Waals surface area contributed by atoms with Gasteiger partial charge in [0.15, 0.2) is 11.6 Å². The maximum Gasteiger partial charge on any atom is 0.243 e. The second-order valence-electron chi connectivity index (χ2n) is 3.67. The van der Waals surface area contributed by atoms with Crippen LogP contribution in [0.2, 0.25) is 0 Å². The summed E-state index contributed by atoms with van der Waals surface area (Å²) in [5, 5.41) is 0. The summed E-state index contributed by atoms with van der Waals surface area (Å²) in [5.41, 5.74) is 0. The highest BCUT2D eigenvalue weighted by Crippen LogP contribution is 2.18. The Morgan fingerprint density at radius 2 is 1.89 bits per heavy atom. The van der Waals surface area contributed by atoms with E-state index in [2.05, 4.69) is 0 Å². The molecule has 102 valence electrons. The second-order valence-corrected chi connectivity index (χ2v) is 5.98. The molecule has 0 spiro atoms. The van der Waals surface area contributed by atoms with Gasteiger partial charge in [0, 0.05) is 19.0 Å². The van der Waals surface area contributed by atoms with Crippen molar-refractivity contribution in [3.63, 3.8) is 0 Å². The lowest BCUT2D eigenvalue weighted by atomic mass is 10.3. The van der Waals surface area contributed by atoms with Gasteiger partial charge in [-0.05, 0) is 24.6 Å². The van der Waals surface area contributed by atoms with Crippen molar-refractivity contribution < 1.29 is 17.2 Å². The minimum absolute atomic E-state index is 0.136. The Morgan fingerprint density at radius 1 is 1.22 bits per heavy atom. The Bertz CT molecular complexity index is 502. The first kappa shape index (κ1) is 15.3. The molecule has 0 aliphatic carbocycles. The summed E-state index contributed by atoms with van der Waals surface area (Å²) in [6.07, 6.45) is 0.611. The number of alkyl halides is 1. The number of rotatable bonds is 6. The quantitative estimate of drug-likeness (QED) is 0.757. The third-order valence-corrected chi connectivity index (χ3v) is 4.40. The zero-order valence-corrected chi connectivity index (χ0v) is 11.4. The van der Waals surface area contributed by atoms with Crippen LogP contribution >= 0.6 is 11.6 Å². The van der Waals surface area contributed by atoms with Gasteiger partial charge in [0.05, 0.1) is 4.90 Å². The highest BCUT2D eigenvalue weighted by Gasteiger charge is 2.24. The molecule has 0 heterocycles. The van der Waals surface area contributed by atoms with Gasteiger partial charge in [0.25, 0.3) is 0 Å². The van der Waals surface area contributed by atoms with Crippen molar-refractivity contribution in [3.8, 4) is 0 Å². The fraction of sp³-hybridized carbons (Fsp3) is 0.455. The summed E-state index contributed by atoms with van der Waals surface area (Å²) in [6.45, 7) is 2.24. The minimum Gasteiger partial charge on any atom is -0.207 e. The maximum absolute atomic E-state index is 13.1. The van der Waals surface area contributed by atoms with E-state index in [4.69, 9.17) is 11.6 Å². The Morgan fingerprint density at radius 3 is 2.39 bits per heavy atom. The summed E-state index contributed by atoms with van der Waals surface area (Å²) in [7, 11) is -3.82. The summed E-state index contributed by atoms with van der Waals surface area (Å²) >= 11 is 5.54. The standard InChI is InChI=1S/C11H14ClF2NO2S/c1-2-6-15(7-5-12)18(16,17)9-3-4-10(13)11(14)8-9/h3-4,8H,2,5-7H2,1H3. The van der Waals surface area contributed by atoms with Crippen molar-refractivity contribution in [3.05, 3.63) is 29.8 Å². The molecular weight excluding hydrogens is 284 g/mol. The Labute approximate surface area is 110 Å². The van der Waals surface area contributed by atoms with Crippen LogP contribution in [0.3, 0.4) is 0 Å². The molecule has 18 heavy (non-hydrogen) atoms. The van der Waals surface area contributed by atoms with Crippen LogP contribution in [0.25, 0.3) is 0 Å². The molecule has 0 aromatic heterocycles. The molecule has 1 aromatic rings. The topological polar surface area (TPSA) is 37.4 Å². The average Bonchev–Trinajstić information content (AvgIpc) is 2.32. The Balaban J connectivity index is 3.13. The number of halogens is 3. The van der Waals surface area contributed by atoms with Crippen molar-refractivity contribution in [1.82, 2.24) is 4.31 Å². The first-order chi connectivity index (χ1) is 8.43. The Hall–Kier alpha value is -0.720. The van der Waals surface area contributed by atoms with E-state index in [1.165, 1.54) is 0 Å². The van der Waals surface area contributed by atoms with E-state index in [9.17, 15) is 17.2 Å². The van der Waals surface area contributed by atoms with Gasteiger partial charge >= 0.3 is 0 Å². The first-order valence-electron chi connectivity index (χ1n) is 5.44. The number of hydrogen-bond acceptors (Lipinski definition) is 2. The van der Waals surface area contributed by atoms with E-state index < -0.39 is 21.7 Å². The molecule has 0 atom stereocenters. The van der Waals surface area contributed by atoms with E-state index in [0.29, 0.717) is 12.5 Å². The number of sulfonamides is 1. The normalized spacial score (nSPS) is 12.1. The first-order valence-corrected chi connectivity index (χ1v) is 7.42. The molecule has 0 N–H and O–H groups in total. The van der Waals surface area contributed by atoms with Gasteiger partial charge in [-0.1, -0.05) is 6.92 Å². The predicted octanol–water partition coefficient (Wildman–Crippen LogP) is 2.60. The van der Waals surface area contributed by atoms with Gasteiger partial charge in [0.2, 0.25) is 10.0 Å². The molecule has 0 radical (unpaired) electrons. The minimum atomic E-state index is -3.82. The summed E-state index contributed by atoms with van der Waals surface area (Å²) in [6, 6.07) is 2.53. The molecule has 0 aliphatic heterocycles. The largest absolute Gasteiger partial charge is 0.243 e. The number of nitrogens with zero attached hydrogens (tertiary/aromatic N) is 1. The van der Waals surface area contributed by atoms with Crippen molar-refractivity contribution in [2.24, 2.45) is 0 Å². The van der Waals surface area contributed by atoms with E-state index in [1.54, 1.807) is 0 Å². The molecule has 1 aromatic carbocycles. The third-order valence-electron chi connectivity index (χ3n) is 2.34. The number of benzene rings is 1. The van der Waals surface area contributed by atoms with Crippen LogP contribution in [0, 0.1) is 11.6 Å². The SMILES string of the molecule is CCCN(CCCl)S(=O)(=O)c1ccc(F)c(F)c1. The molecule has 7 heteroatoms. The average molecular weight is 298 g/mol. The van der Waals surface area contributed by atoms with Crippen LogP contribution in [0.4, 0.5) is 8.78 Å². The summed E-state index contributed by atoms with van der Waals surface area (Å²) in [4.78, 5) is -0.264. The lowest BCUT2D eigenvalue weighted by molar-refractivity contribution is 0.427. The smallest absolute Gasteiger partial charge is 0.207 e. The fourth-order valence-corrected chi connectivity index (χ4v) is 3.33. The maximum atomic E-state index is 13.1. The van der Waals surface area contributed by atoms with Crippen molar-refractivity contribution in [2.75, 3.05) is 19.0 Å². The zero-order valence-electron chi connectivity index (χ0n) is 9.87. The molecule has 0 bridgehead atoms. The molecule has 1 rings (SSSR count). The molecule has 0 saturated heterocycles. The van der Waals surface area contributed by atoms with Crippen LogP contribution in [0.5, 0.6) is 0 Å². The summed E-state index contributed by atoms with van der Waals surface area (Å²) in [5.74, 6) is -2.12. The lowest BCUT2D eigenvalue weighted by Gasteiger charge is -2.20. The molecular formula is C11H14ClF2NO2S. The molecule has 0 amide bonds. The summed E-state index contributed by atoms with van der Waals surface area (Å²) < 4.78 is 51.3. The van der Waals surface area contributed by atoms with Crippen LogP contribution in [-0.4, -0.2) is 31.7 Å². The van der Waals surface area contributed by atoms with Crippen LogP contribution in [0.15, 0.2) is 23.1 Å². The highest BCUT2D eigenvalue weighted by molar-refractivity contribution is 7.89. The molecule has 0 unspecified atom stereocenters. The molecule has 0 fully saturated rings. The Kier molecular flexibility index (Phi) is 5.49. The van der Waals surface area contributed by atoms with Crippen LogP contribution in [-0.2, 0) is 10.0 Å². The zero-order chi connectivity index (χ0) is 13.8. The number of hydrogen-bond donors (Lipinski definition) is 0.